The molecule has 1 unspecified atom stereocenters. The van der Waals surface area contributed by atoms with Gasteiger partial charge in [0, 0.05) is 13.6 Å². The Morgan fingerprint density at radius 2 is 1.70 bits per heavy atom. The highest BCUT2D eigenvalue weighted by Gasteiger charge is 2.31. The van der Waals surface area contributed by atoms with E-state index in [2.05, 4.69) is 13.8 Å². The fourth-order valence-corrected chi connectivity index (χ4v) is 2.88. The Kier molecular flexibility index (Phi) is 5.30. The molecule has 112 valence electrons. The van der Waals surface area contributed by atoms with Crippen LogP contribution in [0.1, 0.15) is 37.8 Å². The van der Waals surface area contributed by atoms with E-state index in [1.165, 1.54) is 19.5 Å². The van der Waals surface area contributed by atoms with Crippen LogP contribution in [0.2, 0.25) is 0 Å². The lowest BCUT2D eigenvalue weighted by Gasteiger charge is -2.20. The number of carbonyl (C=O) groups is 1. The molecule has 1 aromatic carbocycles. The maximum absolute atomic E-state index is 12.0. The topological polar surface area (TPSA) is 74.7 Å². The van der Waals surface area contributed by atoms with Crippen LogP contribution in [0.4, 0.5) is 0 Å². The lowest BCUT2D eigenvalue weighted by molar-refractivity contribution is -0.136. The van der Waals surface area contributed by atoms with E-state index in [0.29, 0.717) is 5.92 Å². The average Bonchev–Trinajstić information content (AvgIpc) is 2.38. The van der Waals surface area contributed by atoms with Crippen LogP contribution in [-0.4, -0.2) is 36.1 Å². The van der Waals surface area contributed by atoms with Crippen molar-refractivity contribution in [3.8, 4) is 0 Å². The van der Waals surface area contributed by atoms with Crippen molar-refractivity contribution in [3.05, 3.63) is 35.4 Å². The van der Waals surface area contributed by atoms with Crippen LogP contribution in [0, 0.1) is 0 Å². The first-order valence-electron chi connectivity index (χ1n) is 6.43. The lowest BCUT2D eigenvalue weighted by atomic mass is 10.0. The molecule has 0 amide bonds. The summed E-state index contributed by atoms with van der Waals surface area (Å²) < 4.78 is 25.1. The van der Waals surface area contributed by atoms with Crippen LogP contribution in [-0.2, 0) is 21.4 Å². The van der Waals surface area contributed by atoms with Crippen molar-refractivity contribution in [2.24, 2.45) is 0 Å². The number of nitrogens with zero attached hydrogens (tertiary/aromatic N) is 1. The zero-order valence-electron chi connectivity index (χ0n) is 12.2. The van der Waals surface area contributed by atoms with Gasteiger partial charge in [0.05, 0.1) is 0 Å². The van der Waals surface area contributed by atoms with Gasteiger partial charge in [0.1, 0.15) is 0 Å². The summed E-state index contributed by atoms with van der Waals surface area (Å²) in [6.45, 7) is 5.51. The molecule has 0 fully saturated rings. The van der Waals surface area contributed by atoms with Gasteiger partial charge >= 0.3 is 5.97 Å². The molecule has 0 aliphatic rings. The number of aliphatic carboxylic acids is 1. The zero-order valence-corrected chi connectivity index (χ0v) is 13.0. The monoisotopic (exact) mass is 299 g/mol. The highest BCUT2D eigenvalue weighted by molar-refractivity contribution is 7.90. The quantitative estimate of drug-likeness (QED) is 0.872. The molecule has 0 aliphatic carbocycles. The molecule has 20 heavy (non-hydrogen) atoms. The van der Waals surface area contributed by atoms with Crippen molar-refractivity contribution in [1.82, 2.24) is 4.31 Å². The Morgan fingerprint density at radius 1 is 1.20 bits per heavy atom. The number of sulfonamides is 1. The van der Waals surface area contributed by atoms with Gasteiger partial charge in [-0.3, -0.25) is 4.79 Å². The van der Waals surface area contributed by atoms with E-state index < -0.39 is 21.2 Å². The van der Waals surface area contributed by atoms with E-state index in [9.17, 15) is 13.2 Å². The normalized spacial score (nSPS) is 13.7. The van der Waals surface area contributed by atoms with Crippen LogP contribution in [0.3, 0.4) is 0 Å². The largest absolute Gasteiger partial charge is 0.480 e. The van der Waals surface area contributed by atoms with Gasteiger partial charge in [-0.15, -0.1) is 0 Å². The number of carboxylic acid groups (broad SMARTS) is 1. The van der Waals surface area contributed by atoms with Crippen LogP contribution < -0.4 is 0 Å². The van der Waals surface area contributed by atoms with Gasteiger partial charge < -0.3 is 5.11 Å². The van der Waals surface area contributed by atoms with Crippen LogP contribution in [0.15, 0.2) is 24.3 Å². The van der Waals surface area contributed by atoms with Crippen LogP contribution in [0.25, 0.3) is 0 Å². The molecule has 1 rings (SSSR count). The summed E-state index contributed by atoms with van der Waals surface area (Å²) in [6.07, 6.45) is 0. The first-order chi connectivity index (χ1) is 9.16. The van der Waals surface area contributed by atoms with Gasteiger partial charge in [-0.1, -0.05) is 38.1 Å². The minimum atomic E-state index is -3.83. The molecular weight excluding hydrogens is 278 g/mol. The highest BCUT2D eigenvalue weighted by Crippen LogP contribution is 2.17. The SMILES string of the molecule is CC(C)c1ccc(CN(C)S(=O)(=O)C(C)C(=O)O)cc1. The van der Waals surface area contributed by atoms with Gasteiger partial charge in [0.2, 0.25) is 10.0 Å². The summed E-state index contributed by atoms with van der Waals surface area (Å²) in [5.74, 6) is -0.926. The number of rotatable bonds is 6. The van der Waals surface area contributed by atoms with Crippen molar-refractivity contribution < 1.29 is 18.3 Å². The molecule has 0 radical (unpaired) electrons. The Morgan fingerprint density at radius 3 is 2.10 bits per heavy atom. The molecule has 0 saturated heterocycles. The molecule has 6 heteroatoms. The summed E-state index contributed by atoms with van der Waals surface area (Å²) >= 11 is 0. The summed E-state index contributed by atoms with van der Waals surface area (Å²) in [6, 6.07) is 7.65. The van der Waals surface area contributed by atoms with Crippen LogP contribution in [0.5, 0.6) is 0 Å². The van der Waals surface area contributed by atoms with E-state index in [1.54, 1.807) is 0 Å². The summed E-state index contributed by atoms with van der Waals surface area (Å²) in [5, 5.41) is 7.38. The Labute approximate surface area is 120 Å². The molecule has 1 atom stereocenters. The van der Waals surface area contributed by atoms with E-state index >= 15 is 0 Å². The van der Waals surface area contributed by atoms with E-state index in [0.717, 1.165) is 9.87 Å². The van der Waals surface area contributed by atoms with Crippen molar-refractivity contribution in [2.75, 3.05) is 7.05 Å². The molecule has 0 heterocycles. The Hall–Kier alpha value is -1.40. The Bertz CT molecular complexity index is 563. The van der Waals surface area contributed by atoms with Crippen molar-refractivity contribution in [2.45, 2.75) is 38.5 Å². The maximum atomic E-state index is 12.0. The predicted molar refractivity (Wildman–Crippen MR) is 78.0 cm³/mol. The van der Waals surface area contributed by atoms with Crippen LogP contribution >= 0.6 is 0 Å². The number of hydrogen-bond donors (Lipinski definition) is 1. The summed E-state index contributed by atoms with van der Waals surface area (Å²) in [4.78, 5) is 10.8. The van der Waals surface area contributed by atoms with Gasteiger partial charge in [-0.2, -0.15) is 4.31 Å². The van der Waals surface area contributed by atoms with Gasteiger partial charge in [0.25, 0.3) is 0 Å². The van der Waals surface area contributed by atoms with Crippen molar-refractivity contribution in [1.29, 1.82) is 0 Å². The van der Waals surface area contributed by atoms with Crippen molar-refractivity contribution in [3.63, 3.8) is 0 Å². The van der Waals surface area contributed by atoms with Gasteiger partial charge in [-0.25, -0.2) is 8.42 Å². The molecule has 0 aliphatic heterocycles. The third-order valence-electron chi connectivity index (χ3n) is 3.28. The van der Waals surface area contributed by atoms with E-state index in [1.807, 2.05) is 24.3 Å². The maximum Gasteiger partial charge on any atom is 0.323 e. The second-order valence-electron chi connectivity index (χ2n) is 5.18. The molecular formula is C14H21NO4S. The molecule has 1 aromatic rings. The third-order valence-corrected chi connectivity index (χ3v) is 5.37. The summed E-state index contributed by atoms with van der Waals surface area (Å²) in [5.41, 5.74) is 2.01. The smallest absolute Gasteiger partial charge is 0.323 e. The summed E-state index contributed by atoms with van der Waals surface area (Å²) in [7, 11) is -2.44. The Balaban J connectivity index is 2.85. The molecule has 0 bridgehead atoms. The molecule has 0 aromatic heterocycles. The first kappa shape index (κ1) is 16.7. The molecule has 1 N–H and O–H groups in total. The fourth-order valence-electron chi connectivity index (χ4n) is 1.75. The zero-order chi connectivity index (χ0) is 15.5. The molecule has 5 nitrogen and oxygen atoms in total. The number of hydrogen-bond acceptors (Lipinski definition) is 3. The first-order valence-corrected chi connectivity index (χ1v) is 7.93. The number of carboxylic acids is 1. The van der Waals surface area contributed by atoms with Gasteiger partial charge in [-0.05, 0) is 24.0 Å². The fraction of sp³-hybridized carbons (Fsp3) is 0.500. The highest BCUT2D eigenvalue weighted by atomic mass is 32.2. The second-order valence-corrected chi connectivity index (χ2v) is 7.54. The van der Waals surface area contributed by atoms with Crippen molar-refractivity contribution >= 4 is 16.0 Å². The number of benzene rings is 1. The minimum Gasteiger partial charge on any atom is -0.480 e. The molecule has 0 saturated carbocycles. The lowest BCUT2D eigenvalue weighted by Crippen LogP contribution is -2.38. The average molecular weight is 299 g/mol. The standard InChI is InChI=1S/C14H21NO4S/c1-10(2)13-7-5-12(6-8-13)9-15(4)20(18,19)11(3)14(16)17/h5-8,10-11H,9H2,1-4H3,(H,16,17). The molecule has 0 spiro atoms. The third kappa shape index (κ3) is 3.80. The predicted octanol–water partition coefficient (Wildman–Crippen LogP) is 2.04. The minimum absolute atomic E-state index is 0.165. The second kappa shape index (κ2) is 6.37. The van der Waals surface area contributed by atoms with E-state index in [-0.39, 0.29) is 6.54 Å². The van der Waals surface area contributed by atoms with E-state index in [4.69, 9.17) is 5.11 Å². The van der Waals surface area contributed by atoms with Gasteiger partial charge in [0.15, 0.2) is 5.25 Å².